The Morgan fingerprint density at radius 2 is 1.73 bits per heavy atom. The Balaban J connectivity index is 0.000000469. The van der Waals surface area contributed by atoms with Crippen molar-refractivity contribution in [3.8, 4) is 0 Å². The average molecular weight is 414 g/mol. The first kappa shape index (κ1) is 23.4. The number of rotatable bonds is 3. The molecule has 0 aromatic heterocycles. The molecule has 1 heterocycles. The summed E-state index contributed by atoms with van der Waals surface area (Å²) in [5, 5.41) is 3.44. The van der Waals surface area contributed by atoms with Gasteiger partial charge >= 0.3 is 11.9 Å². The SMILES string of the molecule is CCOC(=O)/C1=C/c2ccccc2NC2=C(C1)C(=O)CC(C)(C)C2.CCOC(C)=O. The number of ketones is 1. The summed E-state index contributed by atoms with van der Waals surface area (Å²) in [5.41, 5.74) is 3.94. The van der Waals surface area contributed by atoms with E-state index < -0.39 is 0 Å². The van der Waals surface area contributed by atoms with E-state index in [1.54, 1.807) is 13.8 Å². The van der Waals surface area contributed by atoms with Gasteiger partial charge in [-0.2, -0.15) is 0 Å². The molecule has 0 spiro atoms. The molecule has 1 aliphatic heterocycles. The number of carbonyl (C=O) groups is 3. The molecule has 6 heteroatoms. The topological polar surface area (TPSA) is 81.7 Å². The van der Waals surface area contributed by atoms with Crippen molar-refractivity contribution in [3.05, 3.63) is 46.7 Å². The summed E-state index contributed by atoms with van der Waals surface area (Å²) in [6.07, 6.45) is 3.45. The Kier molecular flexibility index (Phi) is 7.98. The van der Waals surface area contributed by atoms with Crippen LogP contribution in [-0.4, -0.2) is 30.9 Å². The van der Waals surface area contributed by atoms with E-state index in [9.17, 15) is 14.4 Å². The van der Waals surface area contributed by atoms with Gasteiger partial charge in [-0.05, 0) is 43.4 Å². The minimum atomic E-state index is -0.348. The zero-order valence-corrected chi connectivity index (χ0v) is 18.5. The first-order valence-electron chi connectivity index (χ1n) is 10.3. The van der Waals surface area contributed by atoms with Gasteiger partial charge in [0, 0.05) is 42.3 Å². The Morgan fingerprint density at radius 3 is 2.33 bits per heavy atom. The van der Waals surface area contributed by atoms with Crippen LogP contribution in [0.4, 0.5) is 5.69 Å². The van der Waals surface area contributed by atoms with Crippen LogP contribution in [0.2, 0.25) is 0 Å². The Bertz CT molecular complexity index is 879. The molecule has 0 amide bonds. The van der Waals surface area contributed by atoms with Crippen molar-refractivity contribution in [2.75, 3.05) is 18.5 Å². The first-order chi connectivity index (χ1) is 14.2. The van der Waals surface area contributed by atoms with Crippen molar-refractivity contribution in [3.63, 3.8) is 0 Å². The lowest BCUT2D eigenvalue weighted by Crippen LogP contribution is -2.29. The second kappa shape index (κ2) is 10.2. The highest BCUT2D eigenvalue weighted by molar-refractivity contribution is 6.03. The highest BCUT2D eigenvalue weighted by Crippen LogP contribution is 2.40. The lowest BCUT2D eigenvalue weighted by atomic mass is 9.74. The first-order valence-corrected chi connectivity index (χ1v) is 10.3. The fourth-order valence-corrected chi connectivity index (χ4v) is 3.57. The highest BCUT2D eigenvalue weighted by atomic mass is 16.5. The van der Waals surface area contributed by atoms with Gasteiger partial charge in [-0.25, -0.2) is 4.79 Å². The van der Waals surface area contributed by atoms with Crippen LogP contribution in [0.1, 0.15) is 59.4 Å². The monoisotopic (exact) mass is 413 g/mol. The molecular formula is C24H31NO5. The van der Waals surface area contributed by atoms with E-state index in [2.05, 4.69) is 23.9 Å². The van der Waals surface area contributed by atoms with Gasteiger partial charge in [0.15, 0.2) is 5.78 Å². The highest BCUT2D eigenvalue weighted by Gasteiger charge is 2.34. The number of hydrogen-bond acceptors (Lipinski definition) is 6. The van der Waals surface area contributed by atoms with E-state index >= 15 is 0 Å². The Morgan fingerprint density at radius 1 is 1.07 bits per heavy atom. The molecule has 162 valence electrons. The normalized spacial score (nSPS) is 18.7. The average Bonchev–Trinajstić information content (AvgIpc) is 2.63. The maximum atomic E-state index is 12.7. The van der Waals surface area contributed by atoms with Gasteiger partial charge < -0.3 is 14.8 Å². The predicted octanol–water partition coefficient (Wildman–Crippen LogP) is 4.66. The number of esters is 2. The van der Waals surface area contributed by atoms with Crippen molar-refractivity contribution in [2.24, 2.45) is 5.41 Å². The summed E-state index contributed by atoms with van der Waals surface area (Å²) in [7, 11) is 0. The smallest absolute Gasteiger partial charge is 0.334 e. The molecule has 30 heavy (non-hydrogen) atoms. The molecule has 3 rings (SSSR count). The second-order valence-electron chi connectivity index (χ2n) is 8.10. The number of ether oxygens (including phenoxy) is 2. The number of para-hydroxylation sites is 1. The number of fused-ring (bicyclic) bond motifs is 1. The largest absolute Gasteiger partial charge is 0.466 e. The quantitative estimate of drug-likeness (QED) is 0.726. The second-order valence-corrected chi connectivity index (χ2v) is 8.10. The molecule has 6 nitrogen and oxygen atoms in total. The molecule has 0 radical (unpaired) electrons. The number of Topliss-reactive ketones (excluding diaryl/α,β-unsaturated/α-hetero) is 1. The Hall–Kier alpha value is -2.89. The standard InChI is InChI=1S/C20H23NO3.C4H8O2/c1-4-24-19(23)14-9-13-7-5-6-8-16(13)21-17-11-20(2,3)12-18(22)15(17)10-14;1-3-6-4(2)5/h5-9,21H,4,10-12H2,1-3H3;3H2,1-2H3/b14-9+;. The molecule has 1 N–H and O–H groups in total. The van der Waals surface area contributed by atoms with Crippen LogP contribution in [0, 0.1) is 5.41 Å². The maximum Gasteiger partial charge on any atom is 0.334 e. The van der Waals surface area contributed by atoms with Gasteiger partial charge in [0.25, 0.3) is 0 Å². The number of anilines is 1. The fraction of sp³-hybridized carbons (Fsp3) is 0.458. The van der Waals surface area contributed by atoms with Crippen molar-refractivity contribution >= 4 is 29.5 Å². The molecule has 0 atom stereocenters. The molecule has 0 saturated heterocycles. The van der Waals surface area contributed by atoms with Gasteiger partial charge in [-0.1, -0.05) is 32.0 Å². The molecule has 1 aromatic rings. The van der Waals surface area contributed by atoms with E-state index in [1.807, 2.05) is 30.3 Å². The lowest BCUT2D eigenvalue weighted by Gasteiger charge is -2.34. The predicted molar refractivity (Wildman–Crippen MR) is 117 cm³/mol. The summed E-state index contributed by atoms with van der Waals surface area (Å²) >= 11 is 0. The summed E-state index contributed by atoms with van der Waals surface area (Å²) in [6.45, 7) is 9.96. The van der Waals surface area contributed by atoms with Crippen molar-refractivity contribution in [2.45, 2.75) is 53.9 Å². The van der Waals surface area contributed by atoms with Crippen LogP contribution in [-0.2, 0) is 23.9 Å². The van der Waals surface area contributed by atoms with E-state index in [1.165, 1.54) is 6.92 Å². The van der Waals surface area contributed by atoms with Crippen LogP contribution in [0.25, 0.3) is 6.08 Å². The molecule has 1 aromatic carbocycles. The van der Waals surface area contributed by atoms with Crippen LogP contribution in [0.3, 0.4) is 0 Å². The lowest BCUT2D eigenvalue weighted by molar-refractivity contribution is -0.140. The van der Waals surface area contributed by atoms with Crippen LogP contribution < -0.4 is 5.32 Å². The van der Waals surface area contributed by atoms with Gasteiger partial charge in [0.2, 0.25) is 0 Å². The van der Waals surface area contributed by atoms with Crippen molar-refractivity contribution in [1.29, 1.82) is 0 Å². The van der Waals surface area contributed by atoms with Gasteiger partial charge in [0.05, 0.1) is 13.2 Å². The zero-order chi connectivity index (χ0) is 22.3. The molecule has 0 bridgehead atoms. The summed E-state index contributed by atoms with van der Waals surface area (Å²) < 4.78 is 9.59. The van der Waals surface area contributed by atoms with Gasteiger partial charge in [-0.15, -0.1) is 0 Å². The third kappa shape index (κ3) is 6.31. The number of hydrogen-bond donors (Lipinski definition) is 1. The van der Waals surface area contributed by atoms with Gasteiger partial charge in [0.1, 0.15) is 0 Å². The molecule has 0 saturated carbocycles. The van der Waals surface area contributed by atoms with Crippen molar-refractivity contribution < 1.29 is 23.9 Å². The van der Waals surface area contributed by atoms with Crippen LogP contribution >= 0.6 is 0 Å². The third-order valence-corrected chi connectivity index (χ3v) is 4.82. The maximum absolute atomic E-state index is 12.7. The fourth-order valence-electron chi connectivity index (χ4n) is 3.57. The van der Waals surface area contributed by atoms with Crippen molar-refractivity contribution in [1.82, 2.24) is 0 Å². The number of nitrogens with one attached hydrogen (secondary N) is 1. The van der Waals surface area contributed by atoms with E-state index in [0.717, 1.165) is 23.4 Å². The molecular weight excluding hydrogens is 382 g/mol. The summed E-state index contributed by atoms with van der Waals surface area (Å²) in [4.78, 5) is 34.8. The number of allylic oxidation sites excluding steroid dienone is 2. The van der Waals surface area contributed by atoms with E-state index in [0.29, 0.717) is 37.2 Å². The molecule has 0 unspecified atom stereocenters. The van der Waals surface area contributed by atoms with E-state index in [4.69, 9.17) is 4.74 Å². The summed E-state index contributed by atoms with van der Waals surface area (Å²) in [5.74, 6) is -0.445. The molecule has 2 aliphatic rings. The minimum absolute atomic E-state index is 0.0785. The number of benzene rings is 1. The number of carbonyl (C=O) groups excluding carboxylic acids is 3. The van der Waals surface area contributed by atoms with E-state index in [-0.39, 0.29) is 23.1 Å². The van der Waals surface area contributed by atoms with Crippen LogP contribution in [0.5, 0.6) is 0 Å². The zero-order valence-electron chi connectivity index (χ0n) is 18.5. The molecule has 0 fully saturated rings. The minimum Gasteiger partial charge on any atom is -0.466 e. The van der Waals surface area contributed by atoms with Gasteiger partial charge in [-0.3, -0.25) is 9.59 Å². The Labute approximate surface area is 178 Å². The summed E-state index contributed by atoms with van der Waals surface area (Å²) in [6, 6.07) is 7.81. The van der Waals surface area contributed by atoms with Crippen LogP contribution in [0.15, 0.2) is 41.1 Å². The third-order valence-electron chi connectivity index (χ3n) is 4.82. The molecule has 1 aliphatic carbocycles.